The Balaban J connectivity index is 1.44. The lowest BCUT2D eigenvalue weighted by Gasteiger charge is -2.46. The molecule has 0 saturated carbocycles. The van der Waals surface area contributed by atoms with Gasteiger partial charge in [-0.1, -0.05) is 109 Å². The van der Waals surface area contributed by atoms with Gasteiger partial charge in [0.05, 0.1) is 26.4 Å². The van der Waals surface area contributed by atoms with Crippen LogP contribution in [0.2, 0.25) is 0 Å². The Kier molecular flexibility index (Phi) is 10.7. The molecule has 4 aromatic rings. The van der Waals surface area contributed by atoms with Gasteiger partial charge in [0, 0.05) is 6.92 Å². The first kappa shape index (κ1) is 29.5. The van der Waals surface area contributed by atoms with Crippen molar-refractivity contribution in [1.82, 2.24) is 5.32 Å². The number of rotatable bonds is 13. The fraction of sp³-hybridized carbons (Fsp3) is 0.286. The minimum atomic E-state index is -0.848. The number of carbonyl (C=O) groups excluding carboxylic acids is 1. The van der Waals surface area contributed by atoms with Crippen molar-refractivity contribution in [2.24, 2.45) is 0 Å². The predicted octanol–water partition coefficient (Wildman–Crippen LogP) is 5.68. The number of nitrogens with one attached hydrogen (secondary N) is 1. The number of ether oxygens (including phenoxy) is 5. The topological polar surface area (TPSA) is 75.3 Å². The molecule has 42 heavy (non-hydrogen) atoms. The zero-order chi connectivity index (χ0) is 29.0. The molecule has 1 saturated heterocycles. The summed E-state index contributed by atoms with van der Waals surface area (Å²) in [5, 5.41) is 3.03. The van der Waals surface area contributed by atoms with Crippen LogP contribution >= 0.6 is 0 Å². The molecule has 1 fully saturated rings. The summed E-state index contributed by atoms with van der Waals surface area (Å²) in [4.78, 5) is 12.5. The molecule has 1 amide bonds. The molecule has 1 aliphatic heterocycles. The van der Waals surface area contributed by atoms with Crippen LogP contribution in [-0.4, -0.2) is 43.2 Å². The van der Waals surface area contributed by atoms with E-state index in [1.165, 1.54) is 6.92 Å². The number of hydrogen-bond acceptors (Lipinski definition) is 6. The molecule has 0 radical (unpaired) electrons. The van der Waals surface area contributed by atoms with Gasteiger partial charge in [-0.25, -0.2) is 0 Å². The summed E-state index contributed by atoms with van der Waals surface area (Å²) in [7, 11) is 0. The summed E-state index contributed by atoms with van der Waals surface area (Å²) in [6.07, 6.45) is -2.57. The summed E-state index contributed by atoms with van der Waals surface area (Å²) in [6, 6.07) is 38.6. The molecular weight excluding hydrogens is 530 g/mol. The maximum absolute atomic E-state index is 12.5. The average molecular weight is 568 g/mol. The van der Waals surface area contributed by atoms with E-state index in [0.717, 1.165) is 16.7 Å². The molecule has 7 nitrogen and oxygen atoms in total. The molecule has 5 rings (SSSR count). The summed E-state index contributed by atoms with van der Waals surface area (Å²) >= 11 is 0. The minimum absolute atomic E-state index is 0.223. The fourth-order valence-electron chi connectivity index (χ4n) is 4.96. The first-order valence-electron chi connectivity index (χ1n) is 14.2. The van der Waals surface area contributed by atoms with E-state index in [1.807, 2.05) is 121 Å². The van der Waals surface area contributed by atoms with Gasteiger partial charge in [-0.05, 0) is 28.8 Å². The smallest absolute Gasteiger partial charge is 0.223 e. The number of para-hydroxylation sites is 1. The van der Waals surface area contributed by atoms with Gasteiger partial charge in [-0.15, -0.1) is 0 Å². The molecule has 1 heterocycles. The van der Waals surface area contributed by atoms with Crippen LogP contribution in [0.15, 0.2) is 121 Å². The van der Waals surface area contributed by atoms with E-state index in [0.29, 0.717) is 25.6 Å². The van der Waals surface area contributed by atoms with Crippen LogP contribution in [-0.2, 0) is 43.6 Å². The molecule has 1 aliphatic rings. The predicted molar refractivity (Wildman–Crippen MR) is 159 cm³/mol. The lowest BCUT2D eigenvalue weighted by Crippen LogP contribution is -2.66. The fourth-order valence-corrected chi connectivity index (χ4v) is 4.96. The van der Waals surface area contributed by atoms with Gasteiger partial charge < -0.3 is 29.0 Å². The maximum atomic E-state index is 12.5. The highest BCUT2D eigenvalue weighted by molar-refractivity contribution is 5.73. The molecule has 0 aliphatic carbocycles. The van der Waals surface area contributed by atoms with Crippen LogP contribution in [0.4, 0.5) is 0 Å². The third kappa shape index (κ3) is 8.50. The molecule has 218 valence electrons. The molecule has 4 aromatic carbocycles. The number of hydrogen-bond donors (Lipinski definition) is 1. The Bertz CT molecular complexity index is 1340. The first-order chi connectivity index (χ1) is 20.7. The van der Waals surface area contributed by atoms with E-state index in [-0.39, 0.29) is 12.5 Å². The summed E-state index contributed by atoms with van der Waals surface area (Å²) < 4.78 is 32.2. The van der Waals surface area contributed by atoms with Crippen LogP contribution in [0.25, 0.3) is 0 Å². The van der Waals surface area contributed by atoms with E-state index >= 15 is 0 Å². The molecule has 1 N–H and O–H groups in total. The summed E-state index contributed by atoms with van der Waals surface area (Å²) in [5.41, 5.74) is 3.08. The Morgan fingerprint density at radius 2 is 1.14 bits per heavy atom. The number of benzene rings is 4. The van der Waals surface area contributed by atoms with Crippen LogP contribution in [0.5, 0.6) is 5.75 Å². The van der Waals surface area contributed by atoms with Crippen molar-refractivity contribution in [2.75, 3.05) is 6.61 Å². The van der Waals surface area contributed by atoms with Gasteiger partial charge in [-0.2, -0.15) is 0 Å². The third-order valence-electron chi connectivity index (χ3n) is 6.98. The average Bonchev–Trinajstić information content (AvgIpc) is 3.02. The van der Waals surface area contributed by atoms with E-state index in [1.54, 1.807) is 0 Å². The highest BCUT2D eigenvalue weighted by Crippen LogP contribution is 2.30. The number of carbonyl (C=O) groups is 1. The summed E-state index contributed by atoms with van der Waals surface area (Å²) in [6.45, 7) is 2.79. The van der Waals surface area contributed by atoms with Crippen molar-refractivity contribution in [1.29, 1.82) is 0 Å². The Labute approximate surface area is 247 Å². The Morgan fingerprint density at radius 1 is 0.667 bits per heavy atom. The second kappa shape index (κ2) is 15.3. The second-order valence-corrected chi connectivity index (χ2v) is 10.2. The van der Waals surface area contributed by atoms with Crippen LogP contribution in [0, 0.1) is 0 Å². The molecular formula is C35H37NO6. The largest absolute Gasteiger partial charge is 0.463 e. The SMILES string of the molecule is CC(=O)NC1C(Oc2ccccc2)OC(COCc2ccccc2)[C@H](OCc2ccccc2)[C@@H]1OCc1ccccc1. The second-order valence-electron chi connectivity index (χ2n) is 10.2. The van der Waals surface area contributed by atoms with Gasteiger partial charge in [-0.3, -0.25) is 4.79 Å². The quantitative estimate of drug-likeness (QED) is 0.224. The standard InChI is InChI=1S/C35H37NO6/c1-26(37)36-32-34(40-24-29-18-10-4-11-19-29)33(39-23-28-16-8-3-9-17-28)31(25-38-22-27-14-6-2-7-15-27)42-35(32)41-30-20-12-5-13-21-30/h2-21,31-35H,22-25H2,1H3,(H,36,37)/t31?,32?,33-,34+,35?/m0/s1. The Hall–Kier alpha value is -4.01. The van der Waals surface area contributed by atoms with E-state index < -0.39 is 30.6 Å². The van der Waals surface area contributed by atoms with Gasteiger partial charge in [0.25, 0.3) is 0 Å². The van der Waals surface area contributed by atoms with Gasteiger partial charge >= 0.3 is 0 Å². The molecule has 0 spiro atoms. The molecule has 5 atom stereocenters. The molecule has 7 heteroatoms. The highest BCUT2D eigenvalue weighted by Gasteiger charge is 2.49. The van der Waals surface area contributed by atoms with Crippen LogP contribution in [0.3, 0.4) is 0 Å². The summed E-state index contributed by atoms with van der Waals surface area (Å²) in [5.74, 6) is 0.395. The van der Waals surface area contributed by atoms with Crippen LogP contribution in [0.1, 0.15) is 23.6 Å². The molecule has 3 unspecified atom stereocenters. The van der Waals surface area contributed by atoms with Crippen molar-refractivity contribution < 1.29 is 28.5 Å². The highest BCUT2D eigenvalue weighted by atomic mass is 16.7. The van der Waals surface area contributed by atoms with Gasteiger partial charge in [0.1, 0.15) is 30.1 Å². The minimum Gasteiger partial charge on any atom is -0.463 e. The van der Waals surface area contributed by atoms with Crippen molar-refractivity contribution in [2.45, 2.75) is 57.4 Å². The number of amides is 1. The Morgan fingerprint density at radius 3 is 1.67 bits per heavy atom. The molecule has 0 bridgehead atoms. The van der Waals surface area contributed by atoms with Gasteiger partial charge in [0.2, 0.25) is 12.2 Å². The zero-order valence-electron chi connectivity index (χ0n) is 23.7. The lowest BCUT2D eigenvalue weighted by atomic mass is 9.95. The van der Waals surface area contributed by atoms with Crippen molar-refractivity contribution in [3.05, 3.63) is 138 Å². The first-order valence-corrected chi connectivity index (χ1v) is 14.2. The van der Waals surface area contributed by atoms with E-state index in [2.05, 4.69) is 5.32 Å². The zero-order valence-corrected chi connectivity index (χ0v) is 23.7. The lowest BCUT2D eigenvalue weighted by molar-refractivity contribution is -0.270. The third-order valence-corrected chi connectivity index (χ3v) is 6.98. The van der Waals surface area contributed by atoms with E-state index in [9.17, 15) is 4.79 Å². The monoisotopic (exact) mass is 567 g/mol. The molecule has 0 aromatic heterocycles. The van der Waals surface area contributed by atoms with E-state index in [4.69, 9.17) is 23.7 Å². The van der Waals surface area contributed by atoms with Crippen molar-refractivity contribution >= 4 is 5.91 Å². The van der Waals surface area contributed by atoms with Crippen molar-refractivity contribution in [3.63, 3.8) is 0 Å². The van der Waals surface area contributed by atoms with Crippen LogP contribution < -0.4 is 10.1 Å². The normalized spacial score (nSPS) is 21.9. The van der Waals surface area contributed by atoms with Gasteiger partial charge in [0.15, 0.2) is 0 Å². The maximum Gasteiger partial charge on any atom is 0.223 e. The van der Waals surface area contributed by atoms with Crippen molar-refractivity contribution in [3.8, 4) is 5.75 Å².